The number of benzene rings is 1. The van der Waals surface area contributed by atoms with Gasteiger partial charge in [0.1, 0.15) is 11.8 Å². The standard InChI is InChI=1S/C18H24F2N4O4/c1-3-23-5-4-22(6-7-27-23)17-15(19)8-13(9-16(17)20)24-11-14(28-18(24)26)10-21-12(2)25/h8-9,14H,3-7,10-11H2,1-2H3,(H,21,25)/t14-/m0/s1. The van der Waals surface area contributed by atoms with Gasteiger partial charge in [-0.05, 0) is 0 Å². The number of hydrogen-bond donors (Lipinski definition) is 1. The van der Waals surface area contributed by atoms with E-state index in [1.165, 1.54) is 6.92 Å². The van der Waals surface area contributed by atoms with E-state index < -0.39 is 23.8 Å². The Morgan fingerprint density at radius 3 is 2.61 bits per heavy atom. The summed E-state index contributed by atoms with van der Waals surface area (Å²) in [4.78, 5) is 31.3. The number of halogens is 2. The molecule has 10 heteroatoms. The Morgan fingerprint density at radius 2 is 1.96 bits per heavy atom. The second kappa shape index (κ2) is 8.70. The molecule has 0 spiro atoms. The van der Waals surface area contributed by atoms with Gasteiger partial charge < -0.3 is 15.0 Å². The van der Waals surface area contributed by atoms with Crippen molar-refractivity contribution < 1.29 is 27.9 Å². The Kier molecular flexibility index (Phi) is 6.30. The number of ether oxygens (including phenoxy) is 1. The number of carbonyl (C=O) groups excluding carboxylic acids is 2. The lowest BCUT2D eigenvalue weighted by molar-refractivity contribution is -0.143. The van der Waals surface area contributed by atoms with Crippen LogP contribution in [0.4, 0.5) is 25.0 Å². The maximum Gasteiger partial charge on any atom is 0.414 e. The van der Waals surface area contributed by atoms with E-state index in [-0.39, 0.29) is 30.4 Å². The second-order valence-electron chi connectivity index (χ2n) is 6.65. The highest BCUT2D eigenvalue weighted by atomic mass is 19.1. The molecule has 2 fully saturated rings. The zero-order valence-electron chi connectivity index (χ0n) is 15.9. The molecule has 2 saturated heterocycles. The molecule has 0 aromatic heterocycles. The summed E-state index contributed by atoms with van der Waals surface area (Å²) in [6.45, 7) is 5.86. The van der Waals surface area contributed by atoms with Crippen molar-refractivity contribution in [2.24, 2.45) is 0 Å². The number of nitrogens with zero attached hydrogens (tertiary/aromatic N) is 3. The van der Waals surface area contributed by atoms with E-state index in [1.54, 1.807) is 9.96 Å². The van der Waals surface area contributed by atoms with Crippen LogP contribution in [0.5, 0.6) is 0 Å². The molecule has 154 valence electrons. The fraction of sp³-hybridized carbons (Fsp3) is 0.556. The van der Waals surface area contributed by atoms with Gasteiger partial charge in [0.25, 0.3) is 0 Å². The van der Waals surface area contributed by atoms with E-state index in [4.69, 9.17) is 9.57 Å². The molecule has 0 radical (unpaired) electrons. The predicted molar refractivity (Wildman–Crippen MR) is 98.1 cm³/mol. The maximum absolute atomic E-state index is 14.8. The molecule has 2 heterocycles. The molecule has 0 aliphatic carbocycles. The highest BCUT2D eigenvalue weighted by molar-refractivity contribution is 5.90. The third kappa shape index (κ3) is 4.50. The monoisotopic (exact) mass is 398 g/mol. The highest BCUT2D eigenvalue weighted by Crippen LogP contribution is 2.31. The van der Waals surface area contributed by atoms with Crippen molar-refractivity contribution >= 4 is 23.4 Å². The Hall–Kier alpha value is -2.46. The molecular formula is C18H24F2N4O4. The molecule has 2 aliphatic rings. The smallest absolute Gasteiger partial charge is 0.414 e. The van der Waals surface area contributed by atoms with E-state index in [9.17, 15) is 18.4 Å². The van der Waals surface area contributed by atoms with Crippen LogP contribution in [-0.2, 0) is 14.4 Å². The number of carbonyl (C=O) groups is 2. The molecule has 0 bridgehead atoms. The number of anilines is 2. The van der Waals surface area contributed by atoms with Crippen molar-refractivity contribution in [2.75, 3.05) is 55.7 Å². The predicted octanol–water partition coefficient (Wildman–Crippen LogP) is 1.50. The van der Waals surface area contributed by atoms with Gasteiger partial charge in [-0.1, -0.05) is 6.92 Å². The lowest BCUT2D eigenvalue weighted by atomic mass is 10.2. The van der Waals surface area contributed by atoms with Gasteiger partial charge in [0.2, 0.25) is 5.91 Å². The number of cyclic esters (lactones) is 1. The fourth-order valence-corrected chi connectivity index (χ4v) is 3.27. The molecule has 1 N–H and O–H groups in total. The van der Waals surface area contributed by atoms with Crippen molar-refractivity contribution in [1.29, 1.82) is 0 Å². The van der Waals surface area contributed by atoms with Gasteiger partial charge in [0.15, 0.2) is 11.6 Å². The molecule has 1 aromatic rings. The van der Waals surface area contributed by atoms with Gasteiger partial charge in [-0.2, -0.15) is 5.06 Å². The van der Waals surface area contributed by atoms with Crippen LogP contribution in [0.3, 0.4) is 0 Å². The van der Waals surface area contributed by atoms with Crippen LogP contribution < -0.4 is 15.1 Å². The van der Waals surface area contributed by atoms with Crippen LogP contribution in [0.1, 0.15) is 13.8 Å². The van der Waals surface area contributed by atoms with Gasteiger partial charge in [-0.25, -0.2) is 13.6 Å². The average Bonchev–Trinajstić information content (AvgIpc) is 2.85. The minimum absolute atomic E-state index is 0.0790. The van der Waals surface area contributed by atoms with Crippen LogP contribution in [-0.4, -0.2) is 69.0 Å². The fourth-order valence-electron chi connectivity index (χ4n) is 3.27. The number of hydroxylamine groups is 2. The summed E-state index contributed by atoms with van der Waals surface area (Å²) in [5.74, 6) is -1.75. The average molecular weight is 398 g/mol. The third-order valence-electron chi connectivity index (χ3n) is 4.69. The van der Waals surface area contributed by atoms with Crippen molar-refractivity contribution in [1.82, 2.24) is 10.4 Å². The SMILES string of the molecule is CCN1CCN(c2c(F)cc(N3C[C@H](CNC(C)=O)OC3=O)cc2F)CCO1. The summed E-state index contributed by atoms with van der Waals surface area (Å²) in [5, 5.41) is 4.31. The first-order valence-electron chi connectivity index (χ1n) is 9.23. The largest absolute Gasteiger partial charge is 0.442 e. The molecule has 0 unspecified atom stereocenters. The highest BCUT2D eigenvalue weighted by Gasteiger charge is 2.34. The van der Waals surface area contributed by atoms with E-state index >= 15 is 0 Å². The first-order valence-corrected chi connectivity index (χ1v) is 9.23. The van der Waals surface area contributed by atoms with Crippen LogP contribution in [0.2, 0.25) is 0 Å². The van der Waals surface area contributed by atoms with E-state index in [0.717, 1.165) is 17.0 Å². The molecule has 2 amide bonds. The summed E-state index contributed by atoms with van der Waals surface area (Å²) in [6.07, 6.45) is -1.28. The minimum Gasteiger partial charge on any atom is -0.442 e. The van der Waals surface area contributed by atoms with E-state index in [0.29, 0.717) is 32.8 Å². The summed E-state index contributed by atoms with van der Waals surface area (Å²) in [6, 6.07) is 2.26. The van der Waals surface area contributed by atoms with Gasteiger partial charge in [0, 0.05) is 45.2 Å². The van der Waals surface area contributed by atoms with Crippen molar-refractivity contribution in [3.63, 3.8) is 0 Å². The second-order valence-corrected chi connectivity index (χ2v) is 6.65. The number of likely N-dealkylation sites (N-methyl/N-ethyl adjacent to an activating group) is 1. The first-order chi connectivity index (χ1) is 13.4. The van der Waals surface area contributed by atoms with Gasteiger partial charge in [0.05, 0.1) is 25.4 Å². The molecule has 2 aliphatic heterocycles. The molecule has 28 heavy (non-hydrogen) atoms. The number of rotatable bonds is 5. The van der Waals surface area contributed by atoms with E-state index in [2.05, 4.69) is 5.32 Å². The lowest BCUT2D eigenvalue weighted by Gasteiger charge is -2.24. The summed E-state index contributed by atoms with van der Waals surface area (Å²) in [5.41, 5.74) is -0.0528. The summed E-state index contributed by atoms with van der Waals surface area (Å²) >= 11 is 0. The first kappa shape index (κ1) is 20.3. The van der Waals surface area contributed by atoms with Crippen molar-refractivity contribution in [3.8, 4) is 0 Å². The maximum atomic E-state index is 14.8. The Bertz CT molecular complexity index is 725. The number of hydrogen-bond acceptors (Lipinski definition) is 6. The third-order valence-corrected chi connectivity index (χ3v) is 4.69. The zero-order valence-corrected chi connectivity index (χ0v) is 15.9. The topological polar surface area (TPSA) is 74.4 Å². The van der Waals surface area contributed by atoms with Gasteiger partial charge in [-0.15, -0.1) is 0 Å². The summed E-state index contributed by atoms with van der Waals surface area (Å²) in [7, 11) is 0. The molecule has 3 rings (SSSR count). The Labute approximate surface area is 161 Å². The van der Waals surface area contributed by atoms with Crippen LogP contribution in [0.15, 0.2) is 12.1 Å². The molecular weight excluding hydrogens is 374 g/mol. The van der Waals surface area contributed by atoms with Gasteiger partial charge >= 0.3 is 6.09 Å². The van der Waals surface area contributed by atoms with Crippen molar-refractivity contribution in [2.45, 2.75) is 20.0 Å². The number of amides is 2. The molecule has 1 atom stereocenters. The normalized spacial score (nSPS) is 20.9. The Balaban J connectivity index is 1.75. The zero-order chi connectivity index (χ0) is 20.3. The lowest BCUT2D eigenvalue weighted by Crippen LogP contribution is -2.33. The molecule has 8 nitrogen and oxygen atoms in total. The van der Waals surface area contributed by atoms with Crippen molar-refractivity contribution in [3.05, 3.63) is 23.8 Å². The van der Waals surface area contributed by atoms with Gasteiger partial charge in [-0.3, -0.25) is 14.5 Å². The quantitative estimate of drug-likeness (QED) is 0.810. The van der Waals surface area contributed by atoms with Crippen LogP contribution >= 0.6 is 0 Å². The number of nitrogens with one attached hydrogen (secondary N) is 1. The van der Waals surface area contributed by atoms with Crippen LogP contribution in [0.25, 0.3) is 0 Å². The minimum atomic E-state index is -0.752. The molecule has 1 aromatic carbocycles. The summed E-state index contributed by atoms with van der Waals surface area (Å²) < 4.78 is 34.7. The Morgan fingerprint density at radius 1 is 1.25 bits per heavy atom. The van der Waals surface area contributed by atoms with E-state index in [1.807, 2.05) is 6.92 Å². The molecule has 0 saturated carbocycles. The van der Waals surface area contributed by atoms with Crippen LogP contribution in [0, 0.1) is 11.6 Å².